The Morgan fingerprint density at radius 2 is 1.59 bits per heavy atom. The van der Waals surface area contributed by atoms with Crippen molar-refractivity contribution in [3.8, 4) is 0 Å². The number of nitrogens with one attached hydrogen (secondary N) is 1. The first-order chi connectivity index (χ1) is 13.8. The lowest BCUT2D eigenvalue weighted by atomic mass is 9.92. The van der Waals surface area contributed by atoms with E-state index in [1.54, 1.807) is 6.07 Å². The van der Waals surface area contributed by atoms with E-state index in [0.717, 1.165) is 43.7 Å². The van der Waals surface area contributed by atoms with Gasteiger partial charge in [0.1, 0.15) is 5.82 Å². The Bertz CT molecular complexity index is 793. The van der Waals surface area contributed by atoms with Gasteiger partial charge in [-0.15, -0.1) is 0 Å². The maximum atomic E-state index is 12.4. The molecule has 0 aromatic carbocycles. The van der Waals surface area contributed by atoms with Crippen molar-refractivity contribution in [3.63, 3.8) is 0 Å². The molecule has 3 heterocycles. The van der Waals surface area contributed by atoms with Gasteiger partial charge >= 0.3 is 0 Å². The van der Waals surface area contributed by atoms with E-state index in [-0.39, 0.29) is 41.0 Å². The van der Waals surface area contributed by atoms with Gasteiger partial charge in [-0.05, 0) is 25.7 Å². The molecule has 160 valence electrons. The molecule has 2 fully saturated rings. The lowest BCUT2D eigenvalue weighted by molar-refractivity contribution is -0.136. The first-order valence-corrected chi connectivity index (χ1v) is 10.9. The lowest BCUT2D eigenvalue weighted by Crippen LogP contribution is -2.42. The van der Waals surface area contributed by atoms with Crippen LogP contribution in [0.25, 0.3) is 0 Å². The summed E-state index contributed by atoms with van der Waals surface area (Å²) in [5.74, 6) is 1.35. The molecule has 7 nitrogen and oxygen atoms in total. The molecule has 0 bridgehead atoms. The first kappa shape index (κ1) is 21.5. The fourth-order valence-electron chi connectivity index (χ4n) is 4.42. The molecule has 2 aliphatic rings. The number of aromatic amines is 1. The van der Waals surface area contributed by atoms with Crippen molar-refractivity contribution in [2.45, 2.75) is 65.2 Å². The number of carbonyl (C=O) groups excluding carboxylic acids is 2. The van der Waals surface area contributed by atoms with Crippen molar-refractivity contribution in [1.29, 1.82) is 0 Å². The van der Waals surface area contributed by atoms with E-state index < -0.39 is 0 Å². The molecular weight excluding hydrogens is 368 g/mol. The molecule has 1 aromatic rings. The molecule has 2 saturated heterocycles. The molecule has 0 radical (unpaired) electrons. The van der Waals surface area contributed by atoms with Crippen molar-refractivity contribution in [2.24, 2.45) is 11.8 Å². The third kappa shape index (κ3) is 5.06. The van der Waals surface area contributed by atoms with Gasteiger partial charge in [0, 0.05) is 55.9 Å². The van der Waals surface area contributed by atoms with E-state index in [2.05, 4.69) is 4.98 Å². The minimum absolute atomic E-state index is 0.00982. The monoisotopic (exact) mass is 402 g/mol. The predicted molar refractivity (Wildman–Crippen MR) is 112 cm³/mol. The summed E-state index contributed by atoms with van der Waals surface area (Å²) in [6.45, 7) is 10.5. The number of piperidine rings is 2. The van der Waals surface area contributed by atoms with Gasteiger partial charge in [0.05, 0.1) is 5.69 Å². The Morgan fingerprint density at radius 3 is 2.21 bits per heavy atom. The summed E-state index contributed by atoms with van der Waals surface area (Å²) in [5, 5.41) is 0. The summed E-state index contributed by atoms with van der Waals surface area (Å²) >= 11 is 0. The van der Waals surface area contributed by atoms with Crippen molar-refractivity contribution in [2.75, 3.05) is 26.2 Å². The topological polar surface area (TPSA) is 86.4 Å². The zero-order chi connectivity index (χ0) is 21.1. The van der Waals surface area contributed by atoms with Crippen molar-refractivity contribution >= 4 is 11.8 Å². The minimum Gasteiger partial charge on any atom is -0.342 e. The summed E-state index contributed by atoms with van der Waals surface area (Å²) in [7, 11) is 0. The zero-order valence-corrected chi connectivity index (χ0v) is 18.1. The van der Waals surface area contributed by atoms with Crippen LogP contribution >= 0.6 is 0 Å². The van der Waals surface area contributed by atoms with Crippen LogP contribution in [0.5, 0.6) is 0 Å². The number of carbonyl (C=O) groups is 2. The Hall–Kier alpha value is -2.18. The molecular formula is C22H34N4O3. The van der Waals surface area contributed by atoms with Gasteiger partial charge in [-0.25, -0.2) is 4.98 Å². The van der Waals surface area contributed by atoms with E-state index in [0.29, 0.717) is 19.6 Å². The number of likely N-dealkylation sites (tertiary alicyclic amines) is 2. The van der Waals surface area contributed by atoms with Crippen LogP contribution in [0.15, 0.2) is 10.9 Å². The molecule has 0 aliphatic carbocycles. The smallest absolute Gasteiger partial charge is 0.251 e. The number of hydrogen-bond acceptors (Lipinski definition) is 4. The second-order valence-corrected chi connectivity index (χ2v) is 9.09. The fraction of sp³-hybridized carbons (Fsp3) is 0.727. The maximum absolute atomic E-state index is 12.4. The highest BCUT2D eigenvalue weighted by atomic mass is 16.2. The van der Waals surface area contributed by atoms with Gasteiger partial charge in [0.15, 0.2) is 0 Å². The molecule has 7 heteroatoms. The lowest BCUT2D eigenvalue weighted by Gasteiger charge is -2.34. The molecule has 29 heavy (non-hydrogen) atoms. The van der Waals surface area contributed by atoms with E-state index in [1.165, 1.54) is 0 Å². The number of nitrogens with zero attached hydrogens (tertiary/aromatic N) is 3. The summed E-state index contributed by atoms with van der Waals surface area (Å²) < 4.78 is 0. The number of rotatable bonds is 4. The number of aromatic nitrogens is 2. The predicted octanol–water partition coefficient (Wildman–Crippen LogP) is 2.49. The van der Waals surface area contributed by atoms with Crippen LogP contribution in [0.3, 0.4) is 0 Å². The zero-order valence-electron chi connectivity index (χ0n) is 18.1. The van der Waals surface area contributed by atoms with Crippen LogP contribution in [-0.4, -0.2) is 57.8 Å². The Morgan fingerprint density at radius 1 is 0.966 bits per heavy atom. The molecule has 1 unspecified atom stereocenters. The van der Waals surface area contributed by atoms with Gasteiger partial charge in [-0.1, -0.05) is 27.7 Å². The van der Waals surface area contributed by atoms with E-state index >= 15 is 0 Å². The molecule has 1 N–H and O–H groups in total. The van der Waals surface area contributed by atoms with E-state index in [9.17, 15) is 14.4 Å². The van der Waals surface area contributed by atoms with Crippen LogP contribution in [0.4, 0.5) is 0 Å². The summed E-state index contributed by atoms with van der Waals surface area (Å²) in [4.78, 5) is 48.5. The summed E-state index contributed by atoms with van der Waals surface area (Å²) in [5.41, 5.74) is 0.670. The molecule has 2 aliphatic heterocycles. The number of H-pyrrole nitrogens is 1. The second kappa shape index (κ2) is 9.09. The molecule has 0 saturated carbocycles. The van der Waals surface area contributed by atoms with Crippen LogP contribution in [0.2, 0.25) is 0 Å². The maximum Gasteiger partial charge on any atom is 0.251 e. The standard InChI is InChI=1S/C22H34N4O3/c1-14(2)21(28)25-10-7-16(8-11-25)20-23-18(12-19(27)24-20)17-6-5-9-26(13-17)22(29)15(3)4/h12,14-17H,5-11,13H2,1-4H3,(H,23,24,27). The molecule has 1 aromatic heterocycles. The highest BCUT2D eigenvalue weighted by molar-refractivity contribution is 5.78. The van der Waals surface area contributed by atoms with Crippen molar-refractivity contribution in [3.05, 3.63) is 27.9 Å². The summed E-state index contributed by atoms with van der Waals surface area (Å²) in [6, 6.07) is 1.59. The second-order valence-electron chi connectivity index (χ2n) is 9.09. The SMILES string of the molecule is CC(C)C(=O)N1CCC(c2nc(C3CCCN(C(=O)C(C)C)C3)cc(=O)[nH]2)CC1. The summed E-state index contributed by atoms with van der Waals surface area (Å²) in [6.07, 6.45) is 3.50. The average molecular weight is 403 g/mol. The van der Waals surface area contributed by atoms with Crippen LogP contribution < -0.4 is 5.56 Å². The number of hydrogen-bond donors (Lipinski definition) is 1. The molecule has 1 atom stereocenters. The van der Waals surface area contributed by atoms with Gasteiger partial charge in [-0.2, -0.15) is 0 Å². The van der Waals surface area contributed by atoms with Crippen LogP contribution in [0, 0.1) is 11.8 Å². The van der Waals surface area contributed by atoms with Crippen molar-refractivity contribution in [1.82, 2.24) is 19.8 Å². The number of amides is 2. The highest BCUT2D eigenvalue weighted by Crippen LogP contribution is 2.29. The Labute approximate surface area is 172 Å². The van der Waals surface area contributed by atoms with E-state index in [4.69, 9.17) is 4.98 Å². The highest BCUT2D eigenvalue weighted by Gasteiger charge is 2.29. The third-order valence-electron chi connectivity index (χ3n) is 6.11. The van der Waals surface area contributed by atoms with Crippen LogP contribution in [0.1, 0.15) is 76.7 Å². The quantitative estimate of drug-likeness (QED) is 0.838. The average Bonchev–Trinajstić information content (AvgIpc) is 2.72. The van der Waals surface area contributed by atoms with Gasteiger partial charge in [0.2, 0.25) is 11.8 Å². The molecule has 3 rings (SSSR count). The van der Waals surface area contributed by atoms with Crippen molar-refractivity contribution < 1.29 is 9.59 Å². The molecule has 0 spiro atoms. The van der Waals surface area contributed by atoms with Gasteiger partial charge in [0.25, 0.3) is 5.56 Å². The van der Waals surface area contributed by atoms with Gasteiger partial charge < -0.3 is 14.8 Å². The van der Waals surface area contributed by atoms with Gasteiger partial charge in [-0.3, -0.25) is 14.4 Å². The fourth-order valence-corrected chi connectivity index (χ4v) is 4.42. The Kier molecular flexibility index (Phi) is 6.75. The third-order valence-corrected chi connectivity index (χ3v) is 6.11. The normalized spacial score (nSPS) is 21.1. The first-order valence-electron chi connectivity index (χ1n) is 10.9. The minimum atomic E-state index is -0.127. The van der Waals surface area contributed by atoms with E-state index in [1.807, 2.05) is 37.5 Å². The largest absolute Gasteiger partial charge is 0.342 e. The molecule has 2 amide bonds. The van der Waals surface area contributed by atoms with Crippen LogP contribution in [-0.2, 0) is 9.59 Å². The Balaban J connectivity index is 1.71.